The van der Waals surface area contributed by atoms with Crippen LogP contribution < -0.4 is 0 Å². The van der Waals surface area contributed by atoms with E-state index in [-0.39, 0.29) is 45.3 Å². The topological polar surface area (TPSA) is 40.5 Å². The molecule has 0 aromatic heterocycles. The van der Waals surface area contributed by atoms with Gasteiger partial charge in [0.05, 0.1) is 0 Å². The third-order valence-corrected chi connectivity index (χ3v) is 4.68. The Morgan fingerprint density at radius 2 is 1.33 bits per heavy atom. The summed E-state index contributed by atoms with van der Waals surface area (Å²) in [6.07, 6.45) is 6.90. The number of halogens is 2. The minimum absolute atomic E-state index is 0. The van der Waals surface area contributed by atoms with E-state index in [1.807, 2.05) is 0 Å². The molecule has 2 N–H and O–H groups in total. The van der Waals surface area contributed by atoms with Crippen LogP contribution >= 0.6 is 23.2 Å². The van der Waals surface area contributed by atoms with Crippen molar-refractivity contribution in [2.24, 2.45) is 5.92 Å². The molecule has 0 unspecified atom stereocenters. The summed E-state index contributed by atoms with van der Waals surface area (Å²) in [6, 6.07) is 0. The van der Waals surface area contributed by atoms with Crippen molar-refractivity contribution in [3.8, 4) is 0 Å². The van der Waals surface area contributed by atoms with Gasteiger partial charge in [-0.2, -0.15) is 0 Å². The van der Waals surface area contributed by atoms with E-state index >= 15 is 0 Å². The fourth-order valence-corrected chi connectivity index (χ4v) is 3.82. The first kappa shape index (κ1) is 19.4. The SMILES string of the molecule is CC(C1=C(Cl)CC=C1CCO)C1=C(Cl)CC=C1CCO.[Zr]. The predicted molar refractivity (Wildman–Crippen MR) is 83.7 cm³/mol. The van der Waals surface area contributed by atoms with E-state index in [0.29, 0.717) is 12.8 Å². The van der Waals surface area contributed by atoms with Crippen LogP contribution in [0.5, 0.6) is 0 Å². The number of hydrogen-bond acceptors (Lipinski definition) is 2. The number of aliphatic hydroxyl groups is 2. The monoisotopic (exact) mass is 404 g/mol. The maximum absolute atomic E-state index is 9.18. The summed E-state index contributed by atoms with van der Waals surface area (Å²) < 4.78 is 0. The van der Waals surface area contributed by atoms with E-state index in [2.05, 4.69) is 19.1 Å². The van der Waals surface area contributed by atoms with Gasteiger partial charge in [-0.1, -0.05) is 42.3 Å². The molecule has 0 atom stereocenters. The predicted octanol–water partition coefficient (Wildman–Crippen LogP) is 4.03. The summed E-state index contributed by atoms with van der Waals surface area (Å²) in [4.78, 5) is 0. The van der Waals surface area contributed by atoms with Crippen molar-refractivity contribution in [1.82, 2.24) is 0 Å². The van der Waals surface area contributed by atoms with Crippen molar-refractivity contribution < 1.29 is 36.4 Å². The first-order chi connectivity index (χ1) is 9.60. The van der Waals surface area contributed by atoms with Crippen LogP contribution in [-0.4, -0.2) is 23.4 Å². The minimum atomic E-state index is 0. The Balaban J connectivity index is 0.00000220. The first-order valence-corrected chi connectivity index (χ1v) is 7.73. The average Bonchev–Trinajstić information content (AvgIpc) is 2.94. The number of rotatable bonds is 6. The molecule has 2 aliphatic carbocycles. The van der Waals surface area contributed by atoms with E-state index in [9.17, 15) is 10.2 Å². The molecule has 0 aromatic rings. The van der Waals surface area contributed by atoms with Gasteiger partial charge < -0.3 is 10.2 Å². The van der Waals surface area contributed by atoms with Crippen LogP contribution in [0.3, 0.4) is 0 Å². The quantitative estimate of drug-likeness (QED) is 0.699. The number of aliphatic hydroxyl groups excluding tert-OH is 2. The van der Waals surface area contributed by atoms with Gasteiger partial charge in [-0.3, -0.25) is 0 Å². The molecule has 5 heteroatoms. The fraction of sp³-hybridized carbons (Fsp3) is 0.500. The van der Waals surface area contributed by atoms with Gasteiger partial charge in [-0.15, -0.1) is 0 Å². The molecule has 21 heavy (non-hydrogen) atoms. The molecule has 0 amide bonds. The molecule has 2 nitrogen and oxygen atoms in total. The van der Waals surface area contributed by atoms with Crippen LogP contribution in [-0.2, 0) is 26.2 Å². The van der Waals surface area contributed by atoms with E-state index in [0.717, 1.165) is 45.2 Å². The Bertz CT molecular complexity index is 472. The number of hydrogen-bond donors (Lipinski definition) is 2. The van der Waals surface area contributed by atoms with Crippen molar-refractivity contribution in [2.45, 2.75) is 32.6 Å². The van der Waals surface area contributed by atoms with Crippen molar-refractivity contribution >= 4 is 23.2 Å². The zero-order valence-electron chi connectivity index (χ0n) is 12.1. The second-order valence-electron chi connectivity index (χ2n) is 5.17. The molecule has 0 radical (unpaired) electrons. The maximum Gasteiger partial charge on any atom is 0.0471 e. The van der Waals surface area contributed by atoms with Gasteiger partial charge in [0.15, 0.2) is 0 Å². The Labute approximate surface area is 155 Å². The Morgan fingerprint density at radius 1 is 0.952 bits per heavy atom. The minimum Gasteiger partial charge on any atom is -0.396 e. The molecule has 0 heterocycles. The summed E-state index contributed by atoms with van der Waals surface area (Å²) in [5.74, 6) is 0.107. The van der Waals surface area contributed by atoms with E-state index in [1.54, 1.807) is 0 Å². The fourth-order valence-electron chi connectivity index (χ4n) is 3.10. The summed E-state index contributed by atoms with van der Waals surface area (Å²) in [6.45, 7) is 2.35. The van der Waals surface area contributed by atoms with Crippen LogP contribution in [0.4, 0.5) is 0 Å². The largest absolute Gasteiger partial charge is 0.396 e. The first-order valence-electron chi connectivity index (χ1n) is 6.97. The van der Waals surface area contributed by atoms with Gasteiger partial charge in [0, 0.05) is 68.2 Å². The summed E-state index contributed by atoms with van der Waals surface area (Å²) in [7, 11) is 0. The van der Waals surface area contributed by atoms with E-state index in [1.165, 1.54) is 0 Å². The van der Waals surface area contributed by atoms with Crippen molar-refractivity contribution in [3.63, 3.8) is 0 Å². The average molecular weight is 406 g/mol. The van der Waals surface area contributed by atoms with Crippen molar-refractivity contribution in [1.29, 1.82) is 0 Å². The second kappa shape index (κ2) is 8.84. The molecule has 114 valence electrons. The smallest absolute Gasteiger partial charge is 0.0471 e. The van der Waals surface area contributed by atoms with Gasteiger partial charge in [-0.25, -0.2) is 0 Å². The van der Waals surface area contributed by atoms with Crippen LogP contribution in [0.2, 0.25) is 0 Å². The van der Waals surface area contributed by atoms with E-state index < -0.39 is 0 Å². The molecule has 0 fully saturated rings. The molecular weight excluding hydrogens is 386 g/mol. The van der Waals surface area contributed by atoms with Gasteiger partial charge >= 0.3 is 0 Å². The van der Waals surface area contributed by atoms with Crippen LogP contribution in [0.1, 0.15) is 32.6 Å². The zero-order chi connectivity index (χ0) is 14.7. The summed E-state index contributed by atoms with van der Waals surface area (Å²) in [5, 5.41) is 20.0. The molecular formula is C16H20Cl2O2Zr. The number of allylic oxidation sites excluding steroid dienone is 6. The molecule has 0 saturated heterocycles. The summed E-state index contributed by atoms with van der Waals surface area (Å²) >= 11 is 12.7. The zero-order valence-corrected chi connectivity index (χ0v) is 16.1. The molecule has 0 aliphatic heterocycles. The van der Waals surface area contributed by atoms with Gasteiger partial charge in [0.25, 0.3) is 0 Å². The normalized spacial score (nSPS) is 18.4. The van der Waals surface area contributed by atoms with Crippen LogP contribution in [0.25, 0.3) is 0 Å². The molecule has 0 bridgehead atoms. The van der Waals surface area contributed by atoms with Crippen molar-refractivity contribution in [2.75, 3.05) is 13.2 Å². The molecule has 0 spiro atoms. The second-order valence-corrected chi connectivity index (χ2v) is 6.09. The Morgan fingerprint density at radius 3 is 1.67 bits per heavy atom. The third-order valence-electron chi connectivity index (χ3n) is 3.96. The molecule has 0 saturated carbocycles. The van der Waals surface area contributed by atoms with Crippen molar-refractivity contribution in [3.05, 3.63) is 44.5 Å². The standard InChI is InChI=1S/C16H20Cl2O2.Zr/c1-10(15-11(6-8-19)2-4-13(15)17)16-12(7-9-20)3-5-14(16)18;/h2-3,10,19-20H,4-9H2,1H3;. The Hall–Kier alpha value is 0.343. The Kier molecular flexibility index (Phi) is 8.16. The van der Waals surface area contributed by atoms with Crippen LogP contribution in [0, 0.1) is 5.92 Å². The molecule has 0 aromatic carbocycles. The molecule has 2 rings (SSSR count). The maximum atomic E-state index is 9.18. The van der Waals surface area contributed by atoms with Crippen LogP contribution in [0.15, 0.2) is 44.5 Å². The van der Waals surface area contributed by atoms with Gasteiger partial charge in [-0.05, 0) is 35.1 Å². The third kappa shape index (κ3) is 4.21. The van der Waals surface area contributed by atoms with Gasteiger partial charge in [0.1, 0.15) is 0 Å². The van der Waals surface area contributed by atoms with E-state index in [4.69, 9.17) is 23.2 Å². The molecule has 2 aliphatic rings. The van der Waals surface area contributed by atoms with Gasteiger partial charge in [0.2, 0.25) is 0 Å². The summed E-state index contributed by atoms with van der Waals surface area (Å²) in [5.41, 5.74) is 4.44.